The van der Waals surface area contributed by atoms with Gasteiger partial charge in [0.05, 0.1) is 18.8 Å². The van der Waals surface area contributed by atoms with Crippen molar-refractivity contribution in [1.29, 1.82) is 0 Å². The molecule has 148 valence electrons. The molecule has 11 heteroatoms. The molecule has 1 heterocycles. The van der Waals surface area contributed by atoms with Crippen LogP contribution in [0.4, 0.5) is 0 Å². The number of nitrogens with one attached hydrogen (secondary N) is 2. The van der Waals surface area contributed by atoms with E-state index >= 15 is 0 Å². The van der Waals surface area contributed by atoms with Crippen LogP contribution in [0.25, 0.3) is 0 Å². The summed E-state index contributed by atoms with van der Waals surface area (Å²) in [7, 11) is 0. The summed E-state index contributed by atoms with van der Waals surface area (Å²) >= 11 is 0. The van der Waals surface area contributed by atoms with Crippen LogP contribution in [0.15, 0.2) is 0 Å². The van der Waals surface area contributed by atoms with Crippen LogP contribution in [-0.2, 0) is 19.2 Å². The van der Waals surface area contributed by atoms with Crippen LogP contribution in [0, 0.1) is 0 Å². The predicted molar refractivity (Wildman–Crippen MR) is 88.6 cm³/mol. The Morgan fingerprint density at radius 3 is 2.27 bits per heavy atom. The van der Waals surface area contributed by atoms with Crippen LogP contribution in [0.3, 0.4) is 0 Å². The topological polar surface area (TPSA) is 182 Å². The quantitative estimate of drug-likeness (QED) is 0.256. The number of hydrogen-bond donors (Lipinski definition) is 6. The minimum Gasteiger partial charge on any atom is -0.480 e. The van der Waals surface area contributed by atoms with Gasteiger partial charge in [0.2, 0.25) is 17.7 Å². The SMILES string of the molecule is CC(N)C(=O)NC(C(=O)NC(CO)C(=O)N1CCCC1C(=O)O)C(C)O. The summed E-state index contributed by atoms with van der Waals surface area (Å²) in [6.07, 6.45) is -0.505. The molecule has 1 aliphatic rings. The van der Waals surface area contributed by atoms with Crippen molar-refractivity contribution in [2.24, 2.45) is 5.73 Å². The lowest BCUT2D eigenvalue weighted by Crippen LogP contribution is -2.60. The molecule has 5 atom stereocenters. The number of aliphatic carboxylic acids is 1. The van der Waals surface area contributed by atoms with Crippen molar-refractivity contribution >= 4 is 23.7 Å². The molecule has 7 N–H and O–H groups in total. The highest BCUT2D eigenvalue weighted by Crippen LogP contribution is 2.18. The molecule has 1 saturated heterocycles. The van der Waals surface area contributed by atoms with Crippen molar-refractivity contribution in [2.45, 2.75) is 57.0 Å². The average molecular weight is 374 g/mol. The number of nitrogens with two attached hydrogens (primary N) is 1. The van der Waals surface area contributed by atoms with Crippen molar-refractivity contribution in [3.05, 3.63) is 0 Å². The number of carbonyl (C=O) groups excluding carboxylic acids is 3. The molecular formula is C15H26N4O7. The minimum atomic E-state index is -1.39. The number of carboxylic acid groups (broad SMARTS) is 1. The summed E-state index contributed by atoms with van der Waals surface area (Å²) < 4.78 is 0. The smallest absolute Gasteiger partial charge is 0.326 e. The zero-order valence-electron chi connectivity index (χ0n) is 14.7. The first-order valence-electron chi connectivity index (χ1n) is 8.28. The molecule has 0 saturated carbocycles. The van der Waals surface area contributed by atoms with Gasteiger partial charge in [-0.3, -0.25) is 14.4 Å². The highest BCUT2D eigenvalue weighted by Gasteiger charge is 2.38. The lowest BCUT2D eigenvalue weighted by Gasteiger charge is -2.28. The van der Waals surface area contributed by atoms with Crippen molar-refractivity contribution in [3.63, 3.8) is 0 Å². The largest absolute Gasteiger partial charge is 0.480 e. The van der Waals surface area contributed by atoms with E-state index in [1.807, 2.05) is 0 Å². The van der Waals surface area contributed by atoms with E-state index in [1.54, 1.807) is 0 Å². The summed E-state index contributed by atoms with van der Waals surface area (Å²) in [6.45, 7) is 2.10. The molecular weight excluding hydrogens is 348 g/mol. The molecule has 0 aromatic heterocycles. The van der Waals surface area contributed by atoms with E-state index in [2.05, 4.69) is 10.6 Å². The third kappa shape index (κ3) is 5.38. The molecule has 1 rings (SSSR count). The van der Waals surface area contributed by atoms with Gasteiger partial charge in [-0.1, -0.05) is 0 Å². The maximum absolute atomic E-state index is 12.5. The second kappa shape index (κ2) is 9.46. The third-order valence-corrected chi connectivity index (χ3v) is 4.09. The molecule has 0 aromatic carbocycles. The van der Waals surface area contributed by atoms with Gasteiger partial charge in [0, 0.05) is 6.54 Å². The summed E-state index contributed by atoms with van der Waals surface area (Å²) in [5, 5.41) is 32.8. The Bertz CT molecular complexity index is 552. The van der Waals surface area contributed by atoms with Crippen molar-refractivity contribution in [2.75, 3.05) is 13.2 Å². The van der Waals surface area contributed by atoms with Gasteiger partial charge >= 0.3 is 5.97 Å². The number of likely N-dealkylation sites (tertiary alicyclic amines) is 1. The lowest BCUT2D eigenvalue weighted by atomic mass is 10.1. The van der Waals surface area contributed by atoms with E-state index in [1.165, 1.54) is 13.8 Å². The fourth-order valence-electron chi connectivity index (χ4n) is 2.62. The molecule has 0 bridgehead atoms. The second-order valence-corrected chi connectivity index (χ2v) is 6.29. The van der Waals surface area contributed by atoms with Crippen molar-refractivity contribution < 1.29 is 34.5 Å². The average Bonchev–Trinajstić information content (AvgIpc) is 3.05. The fraction of sp³-hybridized carbons (Fsp3) is 0.733. The summed E-state index contributed by atoms with van der Waals surface area (Å²) in [5.74, 6) is -3.48. The number of amides is 3. The minimum absolute atomic E-state index is 0.198. The summed E-state index contributed by atoms with van der Waals surface area (Å²) in [6, 6.07) is -4.71. The van der Waals surface area contributed by atoms with Crippen LogP contribution >= 0.6 is 0 Å². The van der Waals surface area contributed by atoms with Gasteiger partial charge in [0.25, 0.3) is 0 Å². The maximum atomic E-state index is 12.5. The Kier molecular flexibility index (Phi) is 7.93. The number of aliphatic hydroxyl groups is 2. The molecule has 1 fully saturated rings. The maximum Gasteiger partial charge on any atom is 0.326 e. The van der Waals surface area contributed by atoms with Gasteiger partial charge < -0.3 is 36.6 Å². The van der Waals surface area contributed by atoms with Gasteiger partial charge in [-0.2, -0.15) is 0 Å². The molecule has 0 radical (unpaired) electrons. The summed E-state index contributed by atoms with van der Waals surface area (Å²) in [5.41, 5.74) is 5.40. The zero-order chi connectivity index (χ0) is 20.0. The normalized spacial score (nSPS) is 21.4. The first kappa shape index (κ1) is 21.8. The number of aliphatic hydroxyl groups excluding tert-OH is 2. The van der Waals surface area contributed by atoms with Crippen molar-refractivity contribution in [1.82, 2.24) is 15.5 Å². The fourth-order valence-corrected chi connectivity index (χ4v) is 2.62. The van der Waals surface area contributed by atoms with Crippen molar-refractivity contribution in [3.8, 4) is 0 Å². The van der Waals surface area contributed by atoms with E-state index in [0.29, 0.717) is 6.42 Å². The molecule has 11 nitrogen and oxygen atoms in total. The molecule has 26 heavy (non-hydrogen) atoms. The standard InChI is InChI=1S/C15H26N4O7/c1-7(16)12(22)18-11(8(2)21)13(23)17-9(6-20)14(24)19-5-3-4-10(19)15(25)26/h7-11,20-21H,3-6,16H2,1-2H3,(H,17,23)(H,18,22)(H,25,26). The van der Waals surface area contributed by atoms with E-state index in [-0.39, 0.29) is 13.0 Å². The van der Waals surface area contributed by atoms with Gasteiger partial charge in [0.1, 0.15) is 18.1 Å². The van der Waals surface area contributed by atoms with Crippen LogP contribution < -0.4 is 16.4 Å². The summed E-state index contributed by atoms with van der Waals surface area (Å²) in [4.78, 5) is 48.7. The van der Waals surface area contributed by atoms with E-state index in [9.17, 15) is 29.4 Å². The predicted octanol–water partition coefficient (Wildman–Crippen LogP) is -3.25. The molecule has 5 unspecified atom stereocenters. The van der Waals surface area contributed by atoms with Gasteiger partial charge in [-0.05, 0) is 26.7 Å². The first-order chi connectivity index (χ1) is 12.1. The van der Waals surface area contributed by atoms with Crippen LogP contribution in [0.2, 0.25) is 0 Å². The highest BCUT2D eigenvalue weighted by atomic mass is 16.4. The third-order valence-electron chi connectivity index (χ3n) is 4.09. The molecule has 0 spiro atoms. The Balaban J connectivity index is 2.83. The van der Waals surface area contributed by atoms with E-state index in [4.69, 9.17) is 10.8 Å². The van der Waals surface area contributed by atoms with Crippen LogP contribution in [0.1, 0.15) is 26.7 Å². The molecule has 0 aromatic rings. The van der Waals surface area contributed by atoms with Gasteiger partial charge in [0.15, 0.2) is 0 Å². The van der Waals surface area contributed by atoms with E-state index in [0.717, 1.165) is 4.90 Å². The monoisotopic (exact) mass is 374 g/mol. The number of nitrogens with zero attached hydrogens (tertiary/aromatic N) is 1. The van der Waals surface area contributed by atoms with Crippen LogP contribution in [0.5, 0.6) is 0 Å². The Hall–Kier alpha value is -2.24. The second-order valence-electron chi connectivity index (χ2n) is 6.29. The highest BCUT2D eigenvalue weighted by molar-refractivity contribution is 5.94. The Morgan fingerprint density at radius 1 is 1.19 bits per heavy atom. The molecule has 1 aliphatic heterocycles. The Morgan fingerprint density at radius 2 is 1.81 bits per heavy atom. The van der Waals surface area contributed by atoms with Crippen LogP contribution in [-0.4, -0.2) is 87.3 Å². The molecule has 0 aliphatic carbocycles. The number of carbonyl (C=O) groups is 4. The number of hydrogen-bond acceptors (Lipinski definition) is 7. The van der Waals surface area contributed by atoms with Gasteiger partial charge in [-0.15, -0.1) is 0 Å². The van der Waals surface area contributed by atoms with E-state index < -0.39 is 60.6 Å². The van der Waals surface area contributed by atoms with Gasteiger partial charge in [-0.25, -0.2) is 4.79 Å². The zero-order valence-corrected chi connectivity index (χ0v) is 14.7. The molecule has 3 amide bonds. The number of carboxylic acids is 1. The Labute approximate surface area is 150 Å². The lowest BCUT2D eigenvalue weighted by molar-refractivity contribution is -0.150. The number of rotatable bonds is 8. The first-order valence-corrected chi connectivity index (χ1v) is 8.28.